The Bertz CT molecular complexity index is 497. The smallest absolute Gasteiger partial charge is 0.276 e. The van der Waals surface area contributed by atoms with Gasteiger partial charge in [0.05, 0.1) is 12.7 Å². The second-order valence-electron chi connectivity index (χ2n) is 7.97. The Morgan fingerprint density at radius 1 is 0.828 bits per heavy atom. The number of unbranched alkanes of at least 4 members (excludes halogenated alkanes) is 13. The molecule has 0 saturated carbocycles. The molecule has 8 heteroatoms. The maximum Gasteiger partial charge on any atom is 0.276 e. The van der Waals surface area contributed by atoms with Crippen molar-refractivity contribution in [1.82, 2.24) is 5.32 Å². The van der Waals surface area contributed by atoms with Gasteiger partial charge in [0.1, 0.15) is 0 Å². The van der Waals surface area contributed by atoms with Crippen molar-refractivity contribution in [3.05, 3.63) is 0 Å². The molecule has 0 radical (unpaired) electrons. The van der Waals surface area contributed by atoms with Crippen molar-refractivity contribution in [2.75, 3.05) is 13.2 Å². The normalized spacial score (nSPS) is 13.9. The molecule has 0 heterocycles. The first-order chi connectivity index (χ1) is 13.8. The molecule has 2 unspecified atom stereocenters. The summed E-state index contributed by atoms with van der Waals surface area (Å²) >= 11 is 0. The summed E-state index contributed by atoms with van der Waals surface area (Å²) in [6.07, 6.45) is 15.4. The summed E-state index contributed by atoms with van der Waals surface area (Å²) in [5, 5.41) is 18.7. The lowest BCUT2D eigenvalue weighted by molar-refractivity contribution is -0.121. The Balaban J connectivity index is 3.75. The van der Waals surface area contributed by atoms with E-state index in [-0.39, 0.29) is 13.0 Å². The van der Waals surface area contributed by atoms with E-state index in [1.165, 1.54) is 64.2 Å². The van der Waals surface area contributed by atoms with E-state index >= 15 is 0 Å². The van der Waals surface area contributed by atoms with Crippen LogP contribution in [0.5, 0.6) is 0 Å². The summed E-state index contributed by atoms with van der Waals surface area (Å²) in [5.41, 5.74) is 0. The van der Waals surface area contributed by atoms with Crippen LogP contribution in [0.15, 0.2) is 0 Å². The van der Waals surface area contributed by atoms with Gasteiger partial charge in [0.25, 0.3) is 10.1 Å². The number of carbonyl (C=O) groups excluding carboxylic acids is 1. The highest BCUT2D eigenvalue weighted by molar-refractivity contribution is 7.87. The Morgan fingerprint density at radius 3 is 1.62 bits per heavy atom. The summed E-state index contributed by atoms with van der Waals surface area (Å²) in [6.45, 7) is 1.45. The quantitative estimate of drug-likeness (QED) is 0.170. The van der Waals surface area contributed by atoms with Gasteiger partial charge >= 0.3 is 0 Å². The van der Waals surface area contributed by atoms with Gasteiger partial charge in [0, 0.05) is 6.54 Å². The minimum absolute atomic E-state index is 0.0535. The third kappa shape index (κ3) is 16.7. The lowest BCUT2D eigenvalue weighted by Gasteiger charge is -2.15. The van der Waals surface area contributed by atoms with Crippen molar-refractivity contribution >= 4 is 16.0 Å². The second-order valence-corrected chi connectivity index (χ2v) is 9.57. The van der Waals surface area contributed by atoms with Crippen LogP contribution in [0.3, 0.4) is 0 Å². The van der Waals surface area contributed by atoms with Crippen molar-refractivity contribution in [1.29, 1.82) is 0 Å². The number of aliphatic hydroxyl groups is 2. The molecule has 1 amide bonds. The summed E-state index contributed by atoms with van der Waals surface area (Å²) < 4.78 is 32.1. The van der Waals surface area contributed by atoms with Crippen LogP contribution >= 0.6 is 0 Å². The summed E-state index contributed by atoms with van der Waals surface area (Å²) in [5.74, 6) is -0.838. The lowest BCUT2D eigenvalue weighted by atomic mass is 10.0. The molecular formula is C21H43NO6S. The minimum Gasteiger partial charge on any atom is -0.394 e. The van der Waals surface area contributed by atoms with Gasteiger partial charge in [-0.25, -0.2) is 0 Å². The van der Waals surface area contributed by atoms with Crippen molar-refractivity contribution in [3.8, 4) is 0 Å². The van der Waals surface area contributed by atoms with Crippen LogP contribution in [0.25, 0.3) is 0 Å². The summed E-state index contributed by atoms with van der Waals surface area (Å²) in [4.78, 5) is 11.9. The lowest BCUT2D eigenvalue weighted by Crippen LogP contribution is -2.43. The van der Waals surface area contributed by atoms with Gasteiger partial charge in [-0.2, -0.15) is 8.42 Å². The van der Waals surface area contributed by atoms with Crippen LogP contribution in [-0.2, 0) is 14.9 Å². The van der Waals surface area contributed by atoms with E-state index in [1.807, 2.05) is 0 Å². The Kier molecular flexibility index (Phi) is 17.7. The first-order valence-corrected chi connectivity index (χ1v) is 12.9. The van der Waals surface area contributed by atoms with Crippen molar-refractivity contribution in [2.24, 2.45) is 0 Å². The van der Waals surface area contributed by atoms with Crippen LogP contribution in [0.4, 0.5) is 0 Å². The average Bonchev–Trinajstić information content (AvgIpc) is 2.67. The van der Waals surface area contributed by atoms with Gasteiger partial charge in [-0.15, -0.1) is 0 Å². The van der Waals surface area contributed by atoms with E-state index in [2.05, 4.69) is 12.2 Å². The van der Waals surface area contributed by atoms with Crippen molar-refractivity contribution in [2.45, 2.75) is 115 Å². The molecule has 0 aromatic heterocycles. The molecule has 29 heavy (non-hydrogen) atoms. The first kappa shape index (κ1) is 28.3. The standard InChI is InChI=1S/C21H43NO6S/c1-2-3-4-5-6-7-8-9-10-11-12-13-14-15-16-20(29(26,27)28)21(25)22-17-19(24)18-23/h19-20,23-24H,2-18H2,1H3,(H,22,25)(H,26,27,28). The molecule has 174 valence electrons. The third-order valence-corrected chi connectivity index (χ3v) is 6.36. The Morgan fingerprint density at radius 2 is 1.24 bits per heavy atom. The molecule has 0 aliphatic rings. The molecule has 4 N–H and O–H groups in total. The van der Waals surface area contributed by atoms with Crippen LogP contribution in [0.2, 0.25) is 0 Å². The molecule has 7 nitrogen and oxygen atoms in total. The number of hydrogen-bond donors (Lipinski definition) is 4. The van der Waals surface area contributed by atoms with Gasteiger partial charge in [-0.1, -0.05) is 96.8 Å². The van der Waals surface area contributed by atoms with Gasteiger partial charge in [-0.3, -0.25) is 9.35 Å². The SMILES string of the molecule is CCCCCCCCCCCCCCCCC(C(=O)NCC(O)CO)S(=O)(=O)O. The fraction of sp³-hybridized carbons (Fsp3) is 0.952. The number of nitrogens with one attached hydrogen (secondary N) is 1. The molecule has 0 bridgehead atoms. The molecule has 0 fully saturated rings. The van der Waals surface area contributed by atoms with Crippen LogP contribution < -0.4 is 5.32 Å². The zero-order valence-corrected chi connectivity index (χ0v) is 19.0. The third-order valence-electron chi connectivity index (χ3n) is 5.19. The maximum atomic E-state index is 11.9. The fourth-order valence-electron chi connectivity index (χ4n) is 3.34. The molecule has 0 aliphatic carbocycles. The van der Waals surface area contributed by atoms with E-state index in [0.717, 1.165) is 19.3 Å². The Labute approximate surface area is 177 Å². The second kappa shape index (κ2) is 18.1. The van der Waals surface area contributed by atoms with E-state index in [4.69, 9.17) is 5.11 Å². The Hall–Kier alpha value is -0.700. The maximum absolute atomic E-state index is 11.9. The predicted molar refractivity (Wildman–Crippen MR) is 116 cm³/mol. The largest absolute Gasteiger partial charge is 0.394 e. The van der Waals surface area contributed by atoms with Gasteiger partial charge < -0.3 is 15.5 Å². The summed E-state index contributed by atoms with van der Waals surface area (Å²) in [6, 6.07) is 0. The van der Waals surface area contributed by atoms with Crippen LogP contribution in [0, 0.1) is 0 Å². The molecule has 2 atom stereocenters. The molecule has 0 rings (SSSR count). The highest BCUT2D eigenvalue weighted by atomic mass is 32.2. The number of carbonyl (C=O) groups is 1. The van der Waals surface area contributed by atoms with Crippen LogP contribution in [-0.4, -0.2) is 53.6 Å². The van der Waals surface area contributed by atoms with Gasteiger partial charge in [-0.05, 0) is 6.42 Å². The predicted octanol–water partition coefficient (Wildman–Crippen LogP) is 3.58. The topological polar surface area (TPSA) is 124 Å². The zero-order chi connectivity index (χ0) is 22.0. The van der Waals surface area contributed by atoms with Gasteiger partial charge in [0.2, 0.25) is 5.91 Å². The first-order valence-electron chi connectivity index (χ1n) is 11.4. The highest BCUT2D eigenvalue weighted by Crippen LogP contribution is 2.15. The number of amides is 1. The highest BCUT2D eigenvalue weighted by Gasteiger charge is 2.30. The molecule has 0 aromatic carbocycles. The number of hydrogen-bond acceptors (Lipinski definition) is 5. The van der Waals surface area contributed by atoms with E-state index in [9.17, 15) is 22.9 Å². The van der Waals surface area contributed by atoms with Gasteiger partial charge in [0.15, 0.2) is 5.25 Å². The molecular weight excluding hydrogens is 394 g/mol. The monoisotopic (exact) mass is 437 g/mol. The molecule has 0 spiro atoms. The van der Waals surface area contributed by atoms with E-state index in [1.54, 1.807) is 0 Å². The number of rotatable bonds is 20. The minimum atomic E-state index is -4.49. The average molecular weight is 438 g/mol. The molecule has 0 saturated heterocycles. The van der Waals surface area contributed by atoms with Crippen LogP contribution in [0.1, 0.15) is 103 Å². The van der Waals surface area contributed by atoms with Crippen molar-refractivity contribution in [3.63, 3.8) is 0 Å². The van der Waals surface area contributed by atoms with E-state index < -0.39 is 34.0 Å². The number of aliphatic hydroxyl groups excluding tert-OH is 2. The zero-order valence-electron chi connectivity index (χ0n) is 18.2. The summed E-state index contributed by atoms with van der Waals surface area (Å²) in [7, 11) is -4.49. The van der Waals surface area contributed by atoms with Crippen molar-refractivity contribution < 1.29 is 28.0 Å². The fourth-order valence-corrected chi connectivity index (χ4v) is 4.15. The molecule has 0 aliphatic heterocycles. The van der Waals surface area contributed by atoms with E-state index in [0.29, 0.717) is 6.42 Å². The molecule has 0 aromatic rings.